The fraction of sp³-hybridized carbons (Fsp3) is 0.0588. The first-order chi connectivity index (χ1) is 18.7. The molecule has 7 rings (SSSR count). The number of hydrogen-bond acceptors (Lipinski definition) is 4. The van der Waals surface area contributed by atoms with Crippen molar-refractivity contribution in [3.8, 4) is 0 Å². The highest BCUT2D eigenvalue weighted by Gasteiger charge is 2.33. The van der Waals surface area contributed by atoms with E-state index in [1.54, 1.807) is 0 Å². The van der Waals surface area contributed by atoms with Crippen LogP contribution in [0.25, 0.3) is 21.5 Å². The van der Waals surface area contributed by atoms with E-state index in [4.69, 9.17) is 10.7 Å². The van der Waals surface area contributed by atoms with E-state index in [0.29, 0.717) is 16.1 Å². The number of anilines is 1. The number of nitrogens with two attached hydrogens (primary N) is 1. The maximum atomic E-state index is 13.8. The van der Waals surface area contributed by atoms with Crippen LogP contribution in [0.15, 0.2) is 120 Å². The second-order valence-corrected chi connectivity index (χ2v) is 10.7. The molecule has 38 heavy (non-hydrogen) atoms. The van der Waals surface area contributed by atoms with Gasteiger partial charge in [-0.2, -0.15) is 0 Å². The lowest BCUT2D eigenvalue weighted by Gasteiger charge is -2.25. The summed E-state index contributed by atoms with van der Waals surface area (Å²) in [4.78, 5) is 19.5. The van der Waals surface area contributed by atoms with Crippen molar-refractivity contribution in [2.45, 2.75) is 12.3 Å². The maximum Gasteiger partial charge on any atom is 0.205 e. The molecule has 182 valence electrons. The normalized spacial score (nSPS) is 14.8. The van der Waals surface area contributed by atoms with E-state index in [2.05, 4.69) is 60.7 Å². The van der Waals surface area contributed by atoms with Gasteiger partial charge >= 0.3 is 0 Å². The van der Waals surface area contributed by atoms with Crippen molar-refractivity contribution in [2.24, 2.45) is 4.99 Å². The predicted octanol–water partition coefficient (Wildman–Crippen LogP) is 8.52. The molecule has 2 N–H and O–H groups in total. The zero-order chi connectivity index (χ0) is 25.6. The number of hydrogen-bond donors (Lipinski definition) is 1. The first kappa shape index (κ1) is 22.6. The van der Waals surface area contributed by atoms with Crippen LogP contribution in [0.4, 0.5) is 10.7 Å². The summed E-state index contributed by atoms with van der Waals surface area (Å²) < 4.78 is 0. The summed E-state index contributed by atoms with van der Waals surface area (Å²) in [5, 5.41) is 5.37. The standard InChI is InChI=1S/C34H24N2OS/c35-31-30-28(27-16-8-14-22-10-6-7-15-26(22)27)20-29(23-11-2-1-3-12-23)36-34(30)38-33(31)32(37)25-18-17-21-9-4-5-13-24(21)19-25/h1-19,28H,20,35H2/t28-/m1/s1. The van der Waals surface area contributed by atoms with Crippen LogP contribution in [0, 0.1) is 0 Å². The molecule has 1 aromatic heterocycles. The van der Waals surface area contributed by atoms with Crippen LogP contribution in [0.3, 0.4) is 0 Å². The van der Waals surface area contributed by atoms with Crippen LogP contribution in [-0.4, -0.2) is 11.5 Å². The molecule has 0 bridgehead atoms. The molecule has 0 amide bonds. The van der Waals surface area contributed by atoms with Crippen LogP contribution in [0.2, 0.25) is 0 Å². The number of aliphatic imine (C=N–C) groups is 1. The van der Waals surface area contributed by atoms with E-state index >= 15 is 0 Å². The summed E-state index contributed by atoms with van der Waals surface area (Å²) in [6.07, 6.45) is 0.718. The van der Waals surface area contributed by atoms with Crippen LogP contribution >= 0.6 is 11.3 Å². The zero-order valence-corrected chi connectivity index (χ0v) is 21.4. The summed E-state index contributed by atoms with van der Waals surface area (Å²) in [6.45, 7) is 0. The lowest BCUT2D eigenvalue weighted by atomic mass is 9.81. The Morgan fingerprint density at radius 2 is 1.47 bits per heavy atom. The summed E-state index contributed by atoms with van der Waals surface area (Å²) in [5.74, 6) is -0.0565. The smallest absolute Gasteiger partial charge is 0.205 e. The first-order valence-corrected chi connectivity index (χ1v) is 13.6. The van der Waals surface area contributed by atoms with Crippen LogP contribution < -0.4 is 5.73 Å². The Labute approximate surface area is 224 Å². The van der Waals surface area contributed by atoms with Gasteiger partial charge in [-0.05, 0) is 38.7 Å². The van der Waals surface area contributed by atoms with Gasteiger partial charge in [0.1, 0.15) is 9.88 Å². The lowest BCUT2D eigenvalue weighted by molar-refractivity contribution is 0.104. The number of nitrogen functional groups attached to an aromatic ring is 1. The second kappa shape index (κ2) is 9.09. The molecule has 0 saturated carbocycles. The topological polar surface area (TPSA) is 55.5 Å². The number of carbonyl (C=O) groups excluding carboxylic acids is 1. The number of ketones is 1. The minimum atomic E-state index is -0.0548. The molecule has 1 aliphatic heterocycles. The molecule has 4 heteroatoms. The Morgan fingerprint density at radius 3 is 2.32 bits per heavy atom. The van der Waals surface area contributed by atoms with Crippen molar-refractivity contribution in [1.82, 2.24) is 0 Å². The summed E-state index contributed by atoms with van der Waals surface area (Å²) in [5.41, 5.74) is 12.3. The third-order valence-corrected chi connectivity index (χ3v) is 8.58. The Bertz CT molecular complexity index is 1880. The minimum absolute atomic E-state index is 0.00166. The van der Waals surface area contributed by atoms with Gasteiger partial charge in [0.2, 0.25) is 5.78 Å². The van der Waals surface area contributed by atoms with Gasteiger partial charge < -0.3 is 5.73 Å². The SMILES string of the molecule is Nc1c(C(=O)c2ccc3ccccc3c2)sc2c1[C@@H](c1cccc3ccccc13)CC(c1ccccc1)=N2. The Morgan fingerprint density at radius 1 is 0.763 bits per heavy atom. The highest BCUT2D eigenvalue weighted by molar-refractivity contribution is 7.18. The van der Waals surface area contributed by atoms with Gasteiger partial charge in [-0.25, -0.2) is 4.99 Å². The summed E-state index contributed by atoms with van der Waals surface area (Å²) in [7, 11) is 0. The van der Waals surface area contributed by atoms with Gasteiger partial charge in [0.05, 0.1) is 11.4 Å². The van der Waals surface area contributed by atoms with E-state index in [1.165, 1.54) is 27.7 Å². The van der Waals surface area contributed by atoms with Crippen molar-refractivity contribution in [2.75, 3.05) is 5.73 Å². The van der Waals surface area contributed by atoms with Crippen molar-refractivity contribution >= 4 is 55.1 Å². The average molecular weight is 509 g/mol. The van der Waals surface area contributed by atoms with Crippen molar-refractivity contribution < 1.29 is 4.79 Å². The molecule has 3 nitrogen and oxygen atoms in total. The third-order valence-electron chi connectivity index (χ3n) is 7.47. The van der Waals surface area contributed by atoms with Gasteiger partial charge in [-0.3, -0.25) is 4.79 Å². The third kappa shape index (κ3) is 3.73. The Hall–Kier alpha value is -4.54. The number of nitrogens with zero attached hydrogens (tertiary/aromatic N) is 1. The molecule has 0 saturated heterocycles. The lowest BCUT2D eigenvalue weighted by Crippen LogP contribution is -2.15. The molecule has 1 atom stereocenters. The molecule has 1 aliphatic rings. The first-order valence-electron chi connectivity index (χ1n) is 12.7. The van der Waals surface area contributed by atoms with Crippen molar-refractivity contribution in [3.05, 3.63) is 142 Å². The van der Waals surface area contributed by atoms with Gasteiger partial charge in [-0.1, -0.05) is 109 Å². The summed E-state index contributed by atoms with van der Waals surface area (Å²) >= 11 is 1.41. The fourth-order valence-electron chi connectivity index (χ4n) is 5.59. The fourth-order valence-corrected chi connectivity index (χ4v) is 6.73. The molecule has 5 aromatic carbocycles. The molecule has 0 unspecified atom stereocenters. The minimum Gasteiger partial charge on any atom is -0.397 e. The number of fused-ring (bicyclic) bond motifs is 3. The van der Waals surface area contributed by atoms with Crippen LogP contribution in [0.1, 0.15) is 44.3 Å². The zero-order valence-electron chi connectivity index (χ0n) is 20.6. The molecular formula is C34H24N2OS. The number of rotatable bonds is 4. The highest BCUT2D eigenvalue weighted by atomic mass is 32.1. The molecule has 0 radical (unpaired) electrons. The van der Waals surface area contributed by atoms with Crippen LogP contribution in [0.5, 0.6) is 0 Å². The van der Waals surface area contributed by atoms with E-state index in [0.717, 1.165) is 39.0 Å². The highest BCUT2D eigenvalue weighted by Crippen LogP contribution is 2.50. The molecule has 0 fully saturated rings. The van der Waals surface area contributed by atoms with Gasteiger partial charge in [0.25, 0.3) is 0 Å². The van der Waals surface area contributed by atoms with Crippen molar-refractivity contribution in [1.29, 1.82) is 0 Å². The molecular weight excluding hydrogens is 484 g/mol. The number of benzene rings is 5. The number of carbonyl (C=O) groups is 1. The quantitative estimate of drug-likeness (QED) is 0.243. The predicted molar refractivity (Wildman–Crippen MR) is 159 cm³/mol. The molecule has 0 spiro atoms. The largest absolute Gasteiger partial charge is 0.397 e. The van der Waals surface area contributed by atoms with Crippen LogP contribution in [-0.2, 0) is 0 Å². The molecule has 2 heterocycles. The van der Waals surface area contributed by atoms with Crippen molar-refractivity contribution in [3.63, 3.8) is 0 Å². The van der Waals surface area contributed by atoms with E-state index in [-0.39, 0.29) is 11.7 Å². The molecule has 0 aliphatic carbocycles. The number of thiophene rings is 1. The maximum absolute atomic E-state index is 13.8. The van der Waals surface area contributed by atoms with Gasteiger partial charge in [-0.15, -0.1) is 11.3 Å². The second-order valence-electron chi connectivity index (χ2n) is 9.70. The molecule has 6 aromatic rings. The monoisotopic (exact) mass is 508 g/mol. The Balaban J connectivity index is 1.41. The van der Waals surface area contributed by atoms with E-state index in [1.807, 2.05) is 54.6 Å². The van der Waals surface area contributed by atoms with E-state index < -0.39 is 0 Å². The average Bonchev–Trinajstić information content (AvgIpc) is 3.32. The van der Waals surface area contributed by atoms with Gasteiger partial charge in [0, 0.05) is 23.5 Å². The summed E-state index contributed by atoms with van der Waals surface area (Å²) in [6, 6.07) is 39.1. The Kier molecular flexibility index (Phi) is 5.41. The van der Waals surface area contributed by atoms with E-state index in [9.17, 15) is 4.79 Å². The van der Waals surface area contributed by atoms with Gasteiger partial charge in [0.15, 0.2) is 0 Å².